The average molecular weight is 318 g/mol. The number of aliphatic hydroxyl groups excluding tert-OH is 1. The summed E-state index contributed by atoms with van der Waals surface area (Å²) in [5, 5.41) is 17.8. The van der Waals surface area contributed by atoms with Crippen LogP contribution >= 0.6 is 0 Å². The smallest absolute Gasteiger partial charge is 0.102 e. The number of likely N-dealkylation sites (N-methyl/N-ethyl adjacent to an activating group) is 1. The molecule has 0 unspecified atom stereocenters. The lowest BCUT2D eigenvalue weighted by atomic mass is 10.1. The Kier molecular flexibility index (Phi) is 18.0. The third kappa shape index (κ3) is 24.4. The van der Waals surface area contributed by atoms with Crippen molar-refractivity contribution in [3.8, 4) is 0 Å². The summed E-state index contributed by atoms with van der Waals surface area (Å²) < 4.78 is 0.966. The number of nitrogens with zero attached hydrogens (tertiary/aromatic N) is 1. The Balaban J connectivity index is 0. The maximum atomic E-state index is 8.95. The van der Waals surface area contributed by atoms with Gasteiger partial charge in [0.05, 0.1) is 27.2 Å². The van der Waals surface area contributed by atoms with E-state index in [1.807, 2.05) is 0 Å². The monoisotopic (exact) mass is 317 g/mol. The van der Waals surface area contributed by atoms with E-state index in [-0.39, 0.29) is 0 Å². The summed E-state index contributed by atoms with van der Waals surface area (Å²) in [6.45, 7) is 5.65. The highest BCUT2D eigenvalue weighted by Gasteiger charge is 2.12. The minimum atomic E-state index is -1.08. The molecule has 0 aromatic heterocycles. The van der Waals surface area contributed by atoms with E-state index in [1.165, 1.54) is 70.8 Å². The topological polar surface area (TPSA) is 60.4 Å². The first-order valence-corrected chi connectivity index (χ1v) is 8.96. The van der Waals surface area contributed by atoms with Gasteiger partial charge in [0, 0.05) is 5.97 Å². The van der Waals surface area contributed by atoms with Crippen LogP contribution in [0.2, 0.25) is 0 Å². The highest BCUT2D eigenvalue weighted by molar-refractivity contribution is 5.60. The Labute approximate surface area is 138 Å². The molecule has 22 heavy (non-hydrogen) atoms. The van der Waals surface area contributed by atoms with Crippen LogP contribution in [-0.4, -0.2) is 49.4 Å². The zero-order valence-corrected chi connectivity index (χ0v) is 15.4. The third-order valence-electron chi connectivity index (χ3n) is 3.82. The summed E-state index contributed by atoms with van der Waals surface area (Å²) in [6.07, 6.45) is 14.0. The number of hydrogen-bond donors (Lipinski definition) is 1. The van der Waals surface area contributed by atoms with E-state index in [4.69, 9.17) is 15.0 Å². The Morgan fingerprint density at radius 2 is 1.23 bits per heavy atom. The van der Waals surface area contributed by atoms with E-state index in [0.29, 0.717) is 6.61 Å². The van der Waals surface area contributed by atoms with Gasteiger partial charge in [-0.25, -0.2) is 0 Å². The molecule has 0 aromatic carbocycles. The lowest BCUT2D eigenvalue weighted by molar-refractivity contribution is -0.890. The molecule has 0 radical (unpaired) electrons. The second-order valence-electron chi connectivity index (χ2n) is 6.78. The van der Waals surface area contributed by atoms with Gasteiger partial charge >= 0.3 is 0 Å². The molecule has 0 heterocycles. The van der Waals surface area contributed by atoms with Crippen molar-refractivity contribution in [1.29, 1.82) is 0 Å². The van der Waals surface area contributed by atoms with Crippen LogP contribution in [0.3, 0.4) is 0 Å². The van der Waals surface area contributed by atoms with E-state index >= 15 is 0 Å². The first kappa shape index (κ1) is 23.7. The fourth-order valence-electron chi connectivity index (χ4n) is 2.41. The number of aliphatic hydroxyl groups is 1. The fraction of sp³-hybridized carbons (Fsp3) is 0.944. The number of carboxylic acid groups (broad SMARTS) is 1. The number of rotatable bonds is 13. The number of hydrogen-bond acceptors (Lipinski definition) is 3. The van der Waals surface area contributed by atoms with Gasteiger partial charge < -0.3 is 19.5 Å². The second kappa shape index (κ2) is 16.8. The Hall–Kier alpha value is -0.610. The van der Waals surface area contributed by atoms with Crippen LogP contribution in [0.4, 0.5) is 0 Å². The number of carboxylic acids is 1. The van der Waals surface area contributed by atoms with Crippen LogP contribution in [-0.2, 0) is 4.79 Å². The van der Waals surface area contributed by atoms with Gasteiger partial charge in [-0.3, -0.25) is 0 Å². The molecule has 4 nitrogen and oxygen atoms in total. The largest absolute Gasteiger partial charge is 0.550 e. The molecule has 0 aromatic rings. The van der Waals surface area contributed by atoms with Crippen LogP contribution in [0.15, 0.2) is 0 Å². The minimum absolute atomic E-state index is 0.310. The molecule has 0 saturated carbocycles. The number of quaternary nitrogens is 1. The van der Waals surface area contributed by atoms with Gasteiger partial charge in [-0.2, -0.15) is 0 Å². The molecule has 0 fully saturated rings. The van der Waals surface area contributed by atoms with Crippen molar-refractivity contribution in [2.45, 2.75) is 78.1 Å². The normalized spacial score (nSPS) is 11.0. The third-order valence-corrected chi connectivity index (χ3v) is 3.82. The quantitative estimate of drug-likeness (QED) is 0.420. The van der Waals surface area contributed by atoms with Crippen molar-refractivity contribution in [2.75, 3.05) is 33.8 Å². The summed E-state index contributed by atoms with van der Waals surface area (Å²) in [5.74, 6) is -1.08. The predicted octanol–water partition coefficient (Wildman–Crippen LogP) is 2.73. The van der Waals surface area contributed by atoms with E-state index in [2.05, 4.69) is 21.0 Å². The molecule has 0 atom stereocenters. The van der Waals surface area contributed by atoms with Gasteiger partial charge in [-0.15, -0.1) is 0 Å². The number of carbonyl (C=O) groups excluding carboxylic acids is 1. The van der Waals surface area contributed by atoms with Crippen LogP contribution < -0.4 is 5.11 Å². The molecule has 0 spiro atoms. The van der Waals surface area contributed by atoms with Crippen LogP contribution in [0.5, 0.6) is 0 Å². The van der Waals surface area contributed by atoms with Crippen molar-refractivity contribution in [1.82, 2.24) is 0 Å². The number of unbranched alkanes of at least 4 members (excludes halogenated alkanes) is 9. The van der Waals surface area contributed by atoms with E-state index in [9.17, 15) is 0 Å². The number of carbonyl (C=O) groups is 1. The molecule has 0 aliphatic heterocycles. The molecule has 0 rings (SSSR count). The fourth-order valence-corrected chi connectivity index (χ4v) is 2.41. The van der Waals surface area contributed by atoms with Gasteiger partial charge in [0.25, 0.3) is 0 Å². The van der Waals surface area contributed by atoms with E-state index < -0.39 is 5.97 Å². The Morgan fingerprint density at radius 1 is 0.864 bits per heavy atom. The highest BCUT2D eigenvalue weighted by atomic mass is 16.4. The lowest BCUT2D eigenvalue weighted by Crippen LogP contribution is -2.42. The van der Waals surface area contributed by atoms with Gasteiger partial charge in [0.15, 0.2) is 0 Å². The van der Waals surface area contributed by atoms with Gasteiger partial charge in [-0.1, -0.05) is 58.3 Å². The average Bonchev–Trinajstić information content (AvgIpc) is 2.40. The van der Waals surface area contributed by atoms with Gasteiger partial charge in [-0.05, 0) is 19.8 Å². The molecule has 0 saturated heterocycles. The summed E-state index contributed by atoms with van der Waals surface area (Å²) >= 11 is 0. The molecule has 0 bridgehead atoms. The zero-order valence-electron chi connectivity index (χ0n) is 15.4. The first-order chi connectivity index (χ1) is 10.4. The molecular formula is C18H39NO3. The Bertz CT molecular complexity index is 238. The van der Waals surface area contributed by atoms with Crippen molar-refractivity contribution in [2.24, 2.45) is 0 Å². The molecule has 4 heteroatoms. The molecule has 0 aliphatic carbocycles. The molecule has 1 N–H and O–H groups in total. The maximum Gasteiger partial charge on any atom is 0.102 e. The summed E-state index contributed by atoms with van der Waals surface area (Å²) in [5.41, 5.74) is 0. The SMILES string of the molecule is CC(=O)[O-].CCCCCCCCCCCC[N+](C)(C)CCO. The van der Waals surface area contributed by atoms with Gasteiger partial charge in [0.1, 0.15) is 6.54 Å². The van der Waals surface area contributed by atoms with E-state index in [1.54, 1.807) is 0 Å². The molecule has 0 amide bonds. The Morgan fingerprint density at radius 3 is 1.59 bits per heavy atom. The summed E-state index contributed by atoms with van der Waals surface area (Å²) in [7, 11) is 4.42. The van der Waals surface area contributed by atoms with Gasteiger partial charge in [0.2, 0.25) is 0 Å². The second-order valence-corrected chi connectivity index (χ2v) is 6.78. The van der Waals surface area contributed by atoms with E-state index in [0.717, 1.165) is 18.0 Å². The summed E-state index contributed by atoms with van der Waals surface area (Å²) in [4.78, 5) is 8.89. The minimum Gasteiger partial charge on any atom is -0.550 e. The van der Waals surface area contributed by atoms with Crippen molar-refractivity contribution in [3.63, 3.8) is 0 Å². The van der Waals surface area contributed by atoms with Crippen molar-refractivity contribution in [3.05, 3.63) is 0 Å². The van der Waals surface area contributed by atoms with Crippen LogP contribution in [0.25, 0.3) is 0 Å². The standard InChI is InChI=1S/C16H36NO.C2H4O2/c1-4-5-6-7-8-9-10-11-12-13-14-17(2,3)15-16-18;1-2(3)4/h18H,4-16H2,1-3H3;1H3,(H,3,4)/q+1;/p-1. The lowest BCUT2D eigenvalue weighted by Gasteiger charge is -2.28. The predicted molar refractivity (Wildman–Crippen MR) is 91.5 cm³/mol. The molecular weight excluding hydrogens is 278 g/mol. The summed E-state index contributed by atoms with van der Waals surface area (Å²) in [6, 6.07) is 0. The van der Waals surface area contributed by atoms with Crippen LogP contribution in [0, 0.1) is 0 Å². The highest BCUT2D eigenvalue weighted by Crippen LogP contribution is 2.11. The zero-order chi connectivity index (χ0) is 17.3. The maximum absolute atomic E-state index is 8.95. The van der Waals surface area contributed by atoms with Crippen molar-refractivity contribution >= 4 is 5.97 Å². The molecule has 0 aliphatic rings. The number of aliphatic carboxylic acids is 1. The first-order valence-electron chi connectivity index (χ1n) is 8.96. The molecule has 134 valence electrons. The van der Waals surface area contributed by atoms with Crippen molar-refractivity contribution < 1.29 is 19.5 Å². The van der Waals surface area contributed by atoms with Crippen LogP contribution in [0.1, 0.15) is 78.1 Å².